The first-order valence-electron chi connectivity index (χ1n) is 10.5. The molecule has 1 aromatic heterocycles. The first-order chi connectivity index (χ1) is 15.4. The van der Waals surface area contributed by atoms with E-state index in [1.165, 1.54) is 30.5 Å². The SMILES string of the molecule is O=C(Nc1ccc2occ(C3=CCN4CCCC4C3)c2c1)c1cccc(OC(F)(F)F)c1. The smallest absolute Gasteiger partial charge is 0.464 e. The molecule has 32 heavy (non-hydrogen) atoms. The van der Waals surface area contributed by atoms with E-state index in [9.17, 15) is 18.0 Å². The number of nitrogens with zero attached hydrogens (tertiary/aromatic N) is 1. The molecule has 0 bridgehead atoms. The van der Waals surface area contributed by atoms with E-state index >= 15 is 0 Å². The number of furan rings is 1. The summed E-state index contributed by atoms with van der Waals surface area (Å²) in [5, 5.41) is 3.65. The highest BCUT2D eigenvalue weighted by atomic mass is 19.4. The number of carbonyl (C=O) groups excluding carboxylic acids is 1. The molecule has 2 aliphatic rings. The Kier molecular flexibility index (Phi) is 5.17. The maximum atomic E-state index is 12.6. The maximum absolute atomic E-state index is 12.6. The third-order valence-corrected chi connectivity index (χ3v) is 6.03. The van der Waals surface area contributed by atoms with Crippen molar-refractivity contribution in [1.82, 2.24) is 4.90 Å². The van der Waals surface area contributed by atoms with Gasteiger partial charge in [-0.25, -0.2) is 0 Å². The molecule has 3 heterocycles. The number of nitrogens with one attached hydrogen (secondary N) is 1. The van der Waals surface area contributed by atoms with Crippen molar-refractivity contribution in [3.8, 4) is 5.75 Å². The summed E-state index contributed by atoms with van der Waals surface area (Å²) in [6, 6.07) is 10.9. The van der Waals surface area contributed by atoms with Crippen LogP contribution in [0.4, 0.5) is 18.9 Å². The van der Waals surface area contributed by atoms with Crippen molar-refractivity contribution in [2.45, 2.75) is 31.7 Å². The maximum Gasteiger partial charge on any atom is 0.573 e. The van der Waals surface area contributed by atoms with Crippen LogP contribution in [0, 0.1) is 0 Å². The molecule has 1 saturated heterocycles. The first-order valence-corrected chi connectivity index (χ1v) is 10.5. The van der Waals surface area contributed by atoms with Gasteiger partial charge in [0.05, 0.1) is 6.26 Å². The van der Waals surface area contributed by atoms with E-state index in [2.05, 4.69) is 21.0 Å². The van der Waals surface area contributed by atoms with Gasteiger partial charge in [0.2, 0.25) is 0 Å². The Morgan fingerprint density at radius 2 is 2.06 bits per heavy atom. The molecule has 8 heteroatoms. The fourth-order valence-corrected chi connectivity index (χ4v) is 4.54. The molecule has 2 aromatic carbocycles. The van der Waals surface area contributed by atoms with E-state index < -0.39 is 18.0 Å². The lowest BCUT2D eigenvalue weighted by Crippen LogP contribution is -2.32. The monoisotopic (exact) mass is 442 g/mol. The van der Waals surface area contributed by atoms with Crippen LogP contribution in [-0.4, -0.2) is 36.3 Å². The molecule has 5 rings (SSSR count). The number of carbonyl (C=O) groups is 1. The van der Waals surface area contributed by atoms with Crippen LogP contribution < -0.4 is 10.1 Å². The van der Waals surface area contributed by atoms with Crippen LogP contribution in [0.1, 0.15) is 35.2 Å². The lowest BCUT2D eigenvalue weighted by molar-refractivity contribution is -0.274. The Morgan fingerprint density at radius 1 is 1.19 bits per heavy atom. The highest BCUT2D eigenvalue weighted by molar-refractivity contribution is 6.05. The Morgan fingerprint density at radius 3 is 2.91 bits per heavy atom. The standard InChI is InChI=1S/C24H21F3N2O3/c25-24(26,27)32-19-5-1-3-16(12-19)23(30)28-17-6-7-22-20(13-17)21(14-31-22)15-8-10-29-9-2-4-18(29)11-15/h1,3,5-8,12-14,18H,2,4,9-11H2,(H,28,30). The van der Waals surface area contributed by atoms with E-state index in [1.807, 2.05) is 6.07 Å². The first kappa shape index (κ1) is 20.6. The van der Waals surface area contributed by atoms with Crippen molar-refractivity contribution >= 4 is 28.1 Å². The second-order valence-corrected chi connectivity index (χ2v) is 8.11. The van der Waals surface area contributed by atoms with E-state index in [4.69, 9.17) is 4.42 Å². The molecule has 3 aromatic rings. The van der Waals surface area contributed by atoms with Gasteiger partial charge in [-0.15, -0.1) is 13.2 Å². The average molecular weight is 442 g/mol. The number of hydrogen-bond donors (Lipinski definition) is 1. The van der Waals surface area contributed by atoms with Crippen LogP contribution >= 0.6 is 0 Å². The average Bonchev–Trinajstić information content (AvgIpc) is 3.38. The minimum Gasteiger partial charge on any atom is -0.464 e. The number of halogens is 3. The zero-order valence-electron chi connectivity index (χ0n) is 17.1. The van der Waals surface area contributed by atoms with Crippen LogP contribution in [0.2, 0.25) is 0 Å². The molecule has 5 nitrogen and oxygen atoms in total. The minimum absolute atomic E-state index is 0.0653. The number of anilines is 1. The van der Waals surface area contributed by atoms with Gasteiger partial charge in [0, 0.05) is 34.8 Å². The van der Waals surface area contributed by atoms with Gasteiger partial charge >= 0.3 is 6.36 Å². The van der Waals surface area contributed by atoms with Gasteiger partial charge in [-0.1, -0.05) is 12.1 Å². The minimum atomic E-state index is -4.82. The van der Waals surface area contributed by atoms with E-state index in [0.29, 0.717) is 17.3 Å². The van der Waals surface area contributed by atoms with Gasteiger partial charge in [-0.2, -0.15) is 0 Å². The van der Waals surface area contributed by atoms with Crippen molar-refractivity contribution < 1.29 is 27.1 Å². The Bertz CT molecular complexity index is 1200. The Hall–Kier alpha value is -3.26. The van der Waals surface area contributed by atoms with Crippen molar-refractivity contribution in [3.63, 3.8) is 0 Å². The predicted molar refractivity (Wildman–Crippen MR) is 114 cm³/mol. The summed E-state index contributed by atoms with van der Waals surface area (Å²) in [5.74, 6) is -0.969. The number of ether oxygens (including phenoxy) is 1. The summed E-state index contributed by atoms with van der Waals surface area (Å²) in [5.41, 5.74) is 3.57. The van der Waals surface area contributed by atoms with E-state index in [-0.39, 0.29) is 5.56 Å². The van der Waals surface area contributed by atoms with Gasteiger partial charge in [0.15, 0.2) is 0 Å². The molecular weight excluding hydrogens is 421 g/mol. The second kappa shape index (κ2) is 8.02. The molecule has 166 valence electrons. The molecular formula is C24H21F3N2O3. The highest BCUT2D eigenvalue weighted by Gasteiger charge is 2.31. The Labute approximate surface area is 182 Å². The zero-order chi connectivity index (χ0) is 22.3. The predicted octanol–water partition coefficient (Wildman–Crippen LogP) is 5.84. The number of hydrogen-bond acceptors (Lipinski definition) is 4. The summed E-state index contributed by atoms with van der Waals surface area (Å²) in [6.07, 6.45) is 2.57. The number of rotatable bonds is 4. The number of amides is 1. The Balaban J connectivity index is 1.37. The fourth-order valence-electron chi connectivity index (χ4n) is 4.54. The molecule has 0 radical (unpaired) electrons. The van der Waals surface area contributed by atoms with Gasteiger partial charge in [0.25, 0.3) is 5.91 Å². The third-order valence-electron chi connectivity index (χ3n) is 6.03. The molecule has 1 atom stereocenters. The summed E-state index contributed by atoms with van der Waals surface area (Å²) < 4.78 is 47.0. The normalized spacial score (nSPS) is 19.0. The van der Waals surface area contributed by atoms with E-state index in [0.717, 1.165) is 42.6 Å². The number of fused-ring (bicyclic) bond motifs is 2. The van der Waals surface area contributed by atoms with Gasteiger partial charge < -0.3 is 14.5 Å². The van der Waals surface area contributed by atoms with Crippen LogP contribution in [0.5, 0.6) is 5.75 Å². The molecule has 0 aliphatic carbocycles. The van der Waals surface area contributed by atoms with Crippen molar-refractivity contribution in [1.29, 1.82) is 0 Å². The van der Waals surface area contributed by atoms with E-state index in [1.54, 1.807) is 18.4 Å². The summed E-state index contributed by atoms with van der Waals surface area (Å²) >= 11 is 0. The number of alkyl halides is 3. The lowest BCUT2D eigenvalue weighted by Gasteiger charge is -2.28. The van der Waals surface area contributed by atoms with Gasteiger partial charge in [-0.05, 0) is 67.8 Å². The topological polar surface area (TPSA) is 54.7 Å². The van der Waals surface area contributed by atoms with Gasteiger partial charge in [0.1, 0.15) is 11.3 Å². The molecule has 1 fully saturated rings. The van der Waals surface area contributed by atoms with Crippen molar-refractivity contribution in [2.24, 2.45) is 0 Å². The quantitative estimate of drug-likeness (QED) is 0.552. The zero-order valence-corrected chi connectivity index (χ0v) is 17.1. The highest BCUT2D eigenvalue weighted by Crippen LogP contribution is 2.37. The third kappa shape index (κ3) is 4.23. The summed E-state index contributed by atoms with van der Waals surface area (Å²) in [4.78, 5) is 15.1. The van der Waals surface area contributed by atoms with Crippen molar-refractivity contribution in [2.75, 3.05) is 18.4 Å². The van der Waals surface area contributed by atoms with Crippen molar-refractivity contribution in [3.05, 3.63) is 65.9 Å². The molecule has 0 spiro atoms. The van der Waals surface area contributed by atoms with Crippen LogP contribution in [0.15, 0.2) is 59.2 Å². The summed E-state index contributed by atoms with van der Waals surface area (Å²) in [6.45, 7) is 2.07. The van der Waals surface area contributed by atoms with Crippen LogP contribution in [0.25, 0.3) is 16.5 Å². The molecule has 1 unspecified atom stereocenters. The second-order valence-electron chi connectivity index (χ2n) is 8.11. The lowest BCUT2D eigenvalue weighted by atomic mass is 9.94. The van der Waals surface area contributed by atoms with Gasteiger partial charge in [-0.3, -0.25) is 9.69 Å². The molecule has 1 N–H and O–H groups in total. The fraction of sp³-hybridized carbons (Fsp3) is 0.292. The van der Waals surface area contributed by atoms with Crippen LogP contribution in [0.3, 0.4) is 0 Å². The molecule has 2 aliphatic heterocycles. The van der Waals surface area contributed by atoms with Crippen LogP contribution in [-0.2, 0) is 0 Å². The largest absolute Gasteiger partial charge is 0.573 e. The molecule has 0 saturated carbocycles. The summed E-state index contributed by atoms with van der Waals surface area (Å²) in [7, 11) is 0. The number of benzene rings is 2. The molecule has 1 amide bonds.